The fraction of sp³-hybridized carbons (Fsp3) is 0.692. The highest BCUT2D eigenvalue weighted by Crippen LogP contribution is 2.27. The zero-order valence-corrected chi connectivity index (χ0v) is 12.6. The number of H-pyrrole nitrogens is 1. The third-order valence-electron chi connectivity index (χ3n) is 3.73. The quantitative estimate of drug-likeness (QED) is 0.888. The van der Waals surface area contributed by atoms with E-state index >= 15 is 0 Å². The van der Waals surface area contributed by atoms with E-state index in [9.17, 15) is 4.79 Å². The van der Waals surface area contributed by atoms with Crippen molar-refractivity contribution in [3.05, 3.63) is 11.4 Å². The molecule has 2 unspecified atom stereocenters. The number of nitrogens with one attached hydrogen (secondary N) is 1. The van der Waals surface area contributed by atoms with Gasteiger partial charge in [0.1, 0.15) is 0 Å². The second-order valence-corrected chi connectivity index (χ2v) is 6.51. The molecule has 0 bridgehead atoms. The van der Waals surface area contributed by atoms with E-state index in [1.54, 1.807) is 0 Å². The Hall–Kier alpha value is -1.17. The zero-order chi connectivity index (χ0) is 14.0. The molecule has 3 N–H and O–H groups in total. The van der Waals surface area contributed by atoms with Crippen LogP contribution in [0.2, 0.25) is 0 Å². The SMILES string of the molecule is CCCc1[nH]nc(C(=O)N2CCSC(C)C2C)c1N. The van der Waals surface area contributed by atoms with Crippen molar-refractivity contribution in [2.45, 2.75) is 44.9 Å². The van der Waals surface area contributed by atoms with Gasteiger partial charge < -0.3 is 10.6 Å². The van der Waals surface area contributed by atoms with Crippen LogP contribution in [0.4, 0.5) is 5.69 Å². The minimum Gasteiger partial charge on any atom is -0.395 e. The second-order valence-electron chi connectivity index (χ2n) is 5.03. The molecule has 19 heavy (non-hydrogen) atoms. The first-order valence-corrected chi connectivity index (χ1v) is 7.86. The van der Waals surface area contributed by atoms with Crippen LogP contribution in [-0.4, -0.2) is 44.6 Å². The summed E-state index contributed by atoms with van der Waals surface area (Å²) in [5.41, 5.74) is 7.81. The third-order valence-corrected chi connectivity index (χ3v) is 5.07. The van der Waals surface area contributed by atoms with E-state index in [0.717, 1.165) is 30.8 Å². The van der Waals surface area contributed by atoms with Crippen LogP contribution in [0.15, 0.2) is 0 Å². The molecule has 1 aromatic heterocycles. The molecule has 0 saturated carbocycles. The van der Waals surface area contributed by atoms with Crippen LogP contribution in [0.3, 0.4) is 0 Å². The summed E-state index contributed by atoms with van der Waals surface area (Å²) in [5.74, 6) is 0.930. The number of amides is 1. The molecular weight excluding hydrogens is 260 g/mol. The summed E-state index contributed by atoms with van der Waals surface area (Å²) in [6.07, 6.45) is 1.81. The first-order valence-electron chi connectivity index (χ1n) is 6.81. The average molecular weight is 282 g/mol. The minimum atomic E-state index is -0.0456. The predicted octanol–water partition coefficient (Wildman–Crippen LogP) is 1.91. The van der Waals surface area contributed by atoms with Crippen molar-refractivity contribution in [2.75, 3.05) is 18.0 Å². The van der Waals surface area contributed by atoms with Crippen LogP contribution >= 0.6 is 11.8 Å². The van der Waals surface area contributed by atoms with E-state index < -0.39 is 0 Å². The van der Waals surface area contributed by atoms with Gasteiger partial charge in [0.15, 0.2) is 5.69 Å². The Labute approximate surface area is 118 Å². The van der Waals surface area contributed by atoms with E-state index in [0.29, 0.717) is 16.6 Å². The number of nitrogens with zero attached hydrogens (tertiary/aromatic N) is 2. The van der Waals surface area contributed by atoms with Crippen LogP contribution < -0.4 is 5.73 Å². The molecule has 1 fully saturated rings. The summed E-state index contributed by atoms with van der Waals surface area (Å²) in [6.45, 7) is 7.09. The number of nitrogen functional groups attached to an aromatic ring is 1. The number of aromatic nitrogens is 2. The number of thioether (sulfide) groups is 1. The normalized spacial score (nSPS) is 23.6. The standard InChI is InChI=1S/C13H22N4OS/c1-4-5-10-11(14)12(16-15-10)13(18)17-6-7-19-9(3)8(17)2/h8-9H,4-7,14H2,1-3H3,(H,15,16). The van der Waals surface area contributed by atoms with Gasteiger partial charge in [-0.25, -0.2) is 0 Å². The molecule has 0 radical (unpaired) electrons. The fourth-order valence-corrected chi connectivity index (χ4v) is 3.45. The van der Waals surface area contributed by atoms with E-state index in [1.807, 2.05) is 16.7 Å². The lowest BCUT2D eigenvalue weighted by molar-refractivity contribution is 0.0693. The molecule has 1 aliphatic rings. The smallest absolute Gasteiger partial charge is 0.276 e. The van der Waals surface area contributed by atoms with Crippen LogP contribution in [0.25, 0.3) is 0 Å². The van der Waals surface area contributed by atoms with E-state index in [4.69, 9.17) is 5.73 Å². The van der Waals surface area contributed by atoms with Gasteiger partial charge in [0.05, 0.1) is 11.4 Å². The molecule has 2 heterocycles. The van der Waals surface area contributed by atoms with Crippen molar-refractivity contribution in [3.63, 3.8) is 0 Å². The van der Waals surface area contributed by atoms with Gasteiger partial charge in [-0.3, -0.25) is 9.89 Å². The molecule has 1 aliphatic heterocycles. The van der Waals surface area contributed by atoms with Crippen LogP contribution in [0.1, 0.15) is 43.4 Å². The van der Waals surface area contributed by atoms with E-state index in [1.165, 1.54) is 0 Å². The monoisotopic (exact) mass is 282 g/mol. The number of carbonyl (C=O) groups is 1. The number of aryl methyl sites for hydroxylation is 1. The first-order chi connectivity index (χ1) is 9.06. The van der Waals surface area contributed by atoms with Crippen molar-refractivity contribution in [2.24, 2.45) is 0 Å². The lowest BCUT2D eigenvalue weighted by Crippen LogP contribution is -2.48. The number of hydrogen-bond donors (Lipinski definition) is 2. The Morgan fingerprint density at radius 3 is 3.00 bits per heavy atom. The molecule has 5 nitrogen and oxygen atoms in total. The average Bonchev–Trinajstić information content (AvgIpc) is 2.74. The topological polar surface area (TPSA) is 75.0 Å². The van der Waals surface area contributed by atoms with Gasteiger partial charge in [-0.1, -0.05) is 20.3 Å². The number of hydrogen-bond acceptors (Lipinski definition) is 4. The molecular formula is C13H22N4OS. The van der Waals surface area contributed by atoms with Gasteiger partial charge in [0.2, 0.25) is 0 Å². The molecule has 0 aromatic carbocycles. The molecule has 2 atom stereocenters. The molecule has 6 heteroatoms. The van der Waals surface area contributed by atoms with Crippen molar-refractivity contribution < 1.29 is 4.79 Å². The molecule has 0 aliphatic carbocycles. The number of anilines is 1. The van der Waals surface area contributed by atoms with Gasteiger partial charge in [-0.15, -0.1) is 0 Å². The largest absolute Gasteiger partial charge is 0.395 e. The number of carbonyl (C=O) groups excluding carboxylic acids is 1. The highest BCUT2D eigenvalue weighted by Gasteiger charge is 2.31. The second kappa shape index (κ2) is 5.86. The van der Waals surface area contributed by atoms with Gasteiger partial charge in [-0.2, -0.15) is 16.9 Å². The first kappa shape index (κ1) is 14.2. The fourth-order valence-electron chi connectivity index (χ4n) is 2.35. The molecule has 1 saturated heterocycles. The Morgan fingerprint density at radius 2 is 2.32 bits per heavy atom. The van der Waals surface area contributed by atoms with E-state index in [2.05, 4.69) is 31.0 Å². The lowest BCUT2D eigenvalue weighted by atomic mass is 10.1. The van der Waals surface area contributed by atoms with Crippen molar-refractivity contribution >= 4 is 23.4 Å². The van der Waals surface area contributed by atoms with Crippen LogP contribution in [0, 0.1) is 0 Å². The summed E-state index contributed by atoms with van der Waals surface area (Å²) < 4.78 is 0. The lowest BCUT2D eigenvalue weighted by Gasteiger charge is -2.37. The number of rotatable bonds is 3. The molecule has 1 aromatic rings. The van der Waals surface area contributed by atoms with Crippen molar-refractivity contribution in [3.8, 4) is 0 Å². The summed E-state index contributed by atoms with van der Waals surface area (Å²) >= 11 is 1.91. The van der Waals surface area contributed by atoms with Gasteiger partial charge in [0, 0.05) is 23.6 Å². The highest BCUT2D eigenvalue weighted by molar-refractivity contribution is 8.00. The summed E-state index contributed by atoms with van der Waals surface area (Å²) in [5, 5.41) is 7.47. The Bertz CT molecular complexity index is 459. The minimum absolute atomic E-state index is 0.0456. The zero-order valence-electron chi connectivity index (χ0n) is 11.8. The molecule has 1 amide bonds. The summed E-state index contributed by atoms with van der Waals surface area (Å²) in [6, 6.07) is 0.219. The Balaban J connectivity index is 2.19. The summed E-state index contributed by atoms with van der Waals surface area (Å²) in [7, 11) is 0. The maximum absolute atomic E-state index is 12.5. The van der Waals surface area contributed by atoms with Gasteiger partial charge in [0.25, 0.3) is 5.91 Å². The highest BCUT2D eigenvalue weighted by atomic mass is 32.2. The van der Waals surface area contributed by atoms with E-state index in [-0.39, 0.29) is 11.9 Å². The van der Waals surface area contributed by atoms with Crippen LogP contribution in [-0.2, 0) is 6.42 Å². The Kier molecular flexibility index (Phi) is 4.39. The third kappa shape index (κ3) is 2.73. The predicted molar refractivity (Wildman–Crippen MR) is 79.4 cm³/mol. The van der Waals surface area contributed by atoms with Crippen LogP contribution in [0.5, 0.6) is 0 Å². The van der Waals surface area contributed by atoms with Crippen molar-refractivity contribution in [1.29, 1.82) is 0 Å². The number of aromatic amines is 1. The molecule has 0 spiro atoms. The molecule has 2 rings (SSSR count). The summed E-state index contributed by atoms with van der Waals surface area (Å²) in [4.78, 5) is 14.4. The Morgan fingerprint density at radius 1 is 1.58 bits per heavy atom. The maximum Gasteiger partial charge on any atom is 0.276 e. The van der Waals surface area contributed by atoms with Gasteiger partial charge >= 0.3 is 0 Å². The molecule has 106 valence electrons. The van der Waals surface area contributed by atoms with Gasteiger partial charge in [-0.05, 0) is 13.3 Å². The van der Waals surface area contributed by atoms with Crippen molar-refractivity contribution in [1.82, 2.24) is 15.1 Å². The number of nitrogens with two attached hydrogens (primary N) is 1. The maximum atomic E-state index is 12.5.